The Morgan fingerprint density at radius 3 is 2.68 bits per heavy atom. The van der Waals surface area contributed by atoms with Gasteiger partial charge in [-0.3, -0.25) is 4.79 Å². The van der Waals surface area contributed by atoms with Crippen LogP contribution in [-0.4, -0.2) is 38.8 Å². The summed E-state index contributed by atoms with van der Waals surface area (Å²) >= 11 is 6.31. The number of nitrogens with two attached hydrogens (primary N) is 1. The van der Waals surface area contributed by atoms with Crippen molar-refractivity contribution in [2.45, 2.75) is 12.8 Å². The molecule has 0 bridgehead atoms. The fourth-order valence-electron chi connectivity index (χ4n) is 2.86. The zero-order valence-electron chi connectivity index (χ0n) is 12.3. The molecule has 1 fully saturated rings. The van der Waals surface area contributed by atoms with Crippen molar-refractivity contribution in [1.29, 1.82) is 0 Å². The molecule has 4 N–H and O–H groups in total. The Balaban J connectivity index is 1.85. The van der Waals surface area contributed by atoms with Gasteiger partial charge in [0.2, 0.25) is 0 Å². The maximum absolute atomic E-state index is 11.5. The van der Waals surface area contributed by atoms with Crippen LogP contribution in [0.4, 0.5) is 5.69 Å². The van der Waals surface area contributed by atoms with Crippen molar-refractivity contribution in [3.63, 3.8) is 0 Å². The Morgan fingerprint density at radius 2 is 2.00 bits per heavy atom. The first-order valence-corrected chi connectivity index (χ1v) is 7.91. The highest BCUT2D eigenvalue weighted by Gasteiger charge is 2.26. The van der Waals surface area contributed by atoms with E-state index in [-0.39, 0.29) is 5.56 Å². The maximum atomic E-state index is 11.5. The van der Waals surface area contributed by atoms with Gasteiger partial charge < -0.3 is 25.8 Å². The summed E-state index contributed by atoms with van der Waals surface area (Å²) in [7, 11) is 0. The Hall–Kier alpha value is -1.66. The minimum atomic E-state index is -0.575. The predicted molar refractivity (Wildman–Crippen MR) is 85.0 cm³/mol. The fourth-order valence-corrected chi connectivity index (χ4v) is 3.12. The number of piperidine rings is 1. The van der Waals surface area contributed by atoms with Crippen LogP contribution in [0.3, 0.4) is 0 Å². The van der Waals surface area contributed by atoms with E-state index in [1.807, 2.05) is 0 Å². The molecule has 0 spiro atoms. The number of ether oxygens (including phenoxy) is 2. The van der Waals surface area contributed by atoms with Gasteiger partial charge in [-0.15, -0.1) is 0 Å². The number of anilines is 1. The molecule has 0 unspecified atom stereocenters. The Morgan fingerprint density at radius 1 is 1.32 bits per heavy atom. The molecule has 7 heteroatoms. The van der Waals surface area contributed by atoms with Gasteiger partial charge >= 0.3 is 0 Å². The molecule has 3 rings (SSSR count). The lowest BCUT2D eigenvalue weighted by Crippen LogP contribution is -2.31. The van der Waals surface area contributed by atoms with Gasteiger partial charge in [-0.25, -0.2) is 0 Å². The number of fused-ring (bicyclic) bond motifs is 1. The third kappa shape index (κ3) is 3.08. The molecule has 0 saturated carbocycles. The monoisotopic (exact) mass is 325 g/mol. The topological polar surface area (TPSA) is 85.6 Å². The van der Waals surface area contributed by atoms with Gasteiger partial charge in [0.05, 0.1) is 16.3 Å². The van der Waals surface area contributed by atoms with Crippen LogP contribution in [0.5, 0.6) is 11.5 Å². The molecule has 0 aliphatic carbocycles. The summed E-state index contributed by atoms with van der Waals surface area (Å²) in [5, 5.41) is 7.13. The molecule has 1 aromatic carbocycles. The molecule has 22 heavy (non-hydrogen) atoms. The molecule has 0 aromatic heterocycles. The van der Waals surface area contributed by atoms with E-state index in [2.05, 4.69) is 10.6 Å². The Labute approximate surface area is 134 Å². The standard InChI is InChI=1S/C15H20ClN3O3/c16-11-7-10(15(17)20)13-14(22-6-5-21-13)12(11)19-8-9-1-3-18-4-2-9/h7,9,18-19H,1-6,8H2,(H2,17,20). The maximum Gasteiger partial charge on any atom is 0.252 e. The van der Waals surface area contributed by atoms with E-state index in [0.29, 0.717) is 41.3 Å². The van der Waals surface area contributed by atoms with Crippen molar-refractivity contribution < 1.29 is 14.3 Å². The van der Waals surface area contributed by atoms with Gasteiger partial charge in [-0.2, -0.15) is 0 Å². The molecule has 6 nitrogen and oxygen atoms in total. The highest BCUT2D eigenvalue weighted by Crippen LogP contribution is 2.45. The largest absolute Gasteiger partial charge is 0.485 e. The van der Waals surface area contributed by atoms with Gasteiger partial charge in [-0.1, -0.05) is 11.6 Å². The average molecular weight is 326 g/mol. The first kappa shape index (κ1) is 15.2. The van der Waals surface area contributed by atoms with Gasteiger partial charge in [0.1, 0.15) is 13.2 Å². The van der Waals surface area contributed by atoms with E-state index in [1.54, 1.807) is 6.07 Å². The first-order chi connectivity index (χ1) is 10.7. The van der Waals surface area contributed by atoms with Crippen LogP contribution in [0.25, 0.3) is 0 Å². The lowest BCUT2D eigenvalue weighted by Gasteiger charge is -2.27. The summed E-state index contributed by atoms with van der Waals surface area (Å²) in [6, 6.07) is 1.54. The summed E-state index contributed by atoms with van der Waals surface area (Å²) in [6.45, 7) is 3.71. The first-order valence-electron chi connectivity index (χ1n) is 7.53. The number of primary amides is 1. The molecule has 1 aromatic rings. The van der Waals surface area contributed by atoms with Gasteiger partial charge in [0.25, 0.3) is 5.91 Å². The summed E-state index contributed by atoms with van der Waals surface area (Å²) in [6.07, 6.45) is 2.26. The average Bonchev–Trinajstić information content (AvgIpc) is 2.54. The molecule has 0 atom stereocenters. The summed E-state index contributed by atoms with van der Waals surface area (Å²) < 4.78 is 11.2. The van der Waals surface area contributed by atoms with E-state index in [9.17, 15) is 4.79 Å². The van der Waals surface area contributed by atoms with Crippen molar-refractivity contribution >= 4 is 23.2 Å². The lowest BCUT2D eigenvalue weighted by atomic mass is 9.98. The smallest absolute Gasteiger partial charge is 0.252 e. The van der Waals surface area contributed by atoms with E-state index >= 15 is 0 Å². The minimum absolute atomic E-state index is 0.257. The van der Waals surface area contributed by atoms with E-state index in [1.165, 1.54) is 0 Å². The second-order valence-electron chi connectivity index (χ2n) is 5.57. The van der Waals surface area contributed by atoms with Crippen LogP contribution in [0, 0.1) is 5.92 Å². The molecular weight excluding hydrogens is 306 g/mol. The van der Waals surface area contributed by atoms with E-state index < -0.39 is 5.91 Å². The number of benzene rings is 1. The molecule has 2 heterocycles. The van der Waals surface area contributed by atoms with Gasteiger partial charge in [-0.05, 0) is 37.9 Å². The highest BCUT2D eigenvalue weighted by molar-refractivity contribution is 6.34. The van der Waals surface area contributed by atoms with Crippen LogP contribution in [0.2, 0.25) is 5.02 Å². The number of rotatable bonds is 4. The molecule has 0 radical (unpaired) electrons. The Kier molecular flexibility index (Phi) is 4.59. The fraction of sp³-hybridized carbons (Fsp3) is 0.533. The van der Waals surface area contributed by atoms with Gasteiger partial charge in [0.15, 0.2) is 11.5 Å². The molecule has 2 aliphatic heterocycles. The Bertz CT molecular complexity index is 574. The summed E-state index contributed by atoms with van der Waals surface area (Å²) in [5.41, 5.74) is 6.32. The summed E-state index contributed by atoms with van der Waals surface area (Å²) in [4.78, 5) is 11.5. The zero-order valence-corrected chi connectivity index (χ0v) is 13.0. The number of nitrogens with one attached hydrogen (secondary N) is 2. The van der Waals surface area contributed by atoms with Crippen LogP contribution >= 0.6 is 11.6 Å². The van der Waals surface area contributed by atoms with Crippen molar-refractivity contribution in [3.05, 3.63) is 16.7 Å². The van der Waals surface area contributed by atoms with Crippen molar-refractivity contribution in [3.8, 4) is 11.5 Å². The normalized spacial score (nSPS) is 18.0. The quantitative estimate of drug-likeness (QED) is 0.783. The number of carbonyl (C=O) groups is 1. The van der Waals surface area contributed by atoms with Crippen LogP contribution in [-0.2, 0) is 0 Å². The molecular formula is C15H20ClN3O3. The number of hydrogen-bond donors (Lipinski definition) is 3. The summed E-state index contributed by atoms with van der Waals surface area (Å²) in [5.74, 6) is 0.888. The molecule has 2 aliphatic rings. The van der Waals surface area contributed by atoms with Crippen LogP contribution < -0.4 is 25.8 Å². The second kappa shape index (κ2) is 6.62. The molecule has 1 saturated heterocycles. The second-order valence-corrected chi connectivity index (χ2v) is 5.98. The highest BCUT2D eigenvalue weighted by atomic mass is 35.5. The number of hydrogen-bond acceptors (Lipinski definition) is 5. The lowest BCUT2D eigenvalue weighted by molar-refractivity contribution is 0.0989. The van der Waals surface area contributed by atoms with Crippen LogP contribution in [0.1, 0.15) is 23.2 Å². The van der Waals surface area contributed by atoms with Gasteiger partial charge in [0, 0.05) is 6.54 Å². The number of halogens is 1. The van der Waals surface area contributed by atoms with Crippen molar-refractivity contribution in [2.75, 3.05) is 38.2 Å². The number of carbonyl (C=O) groups excluding carboxylic acids is 1. The van der Waals surface area contributed by atoms with E-state index in [4.69, 9.17) is 26.8 Å². The third-order valence-corrected chi connectivity index (χ3v) is 4.35. The van der Waals surface area contributed by atoms with E-state index in [0.717, 1.165) is 32.5 Å². The number of amides is 1. The van der Waals surface area contributed by atoms with Crippen molar-refractivity contribution in [1.82, 2.24) is 5.32 Å². The zero-order chi connectivity index (χ0) is 15.5. The minimum Gasteiger partial charge on any atom is -0.485 e. The molecule has 1 amide bonds. The van der Waals surface area contributed by atoms with Crippen molar-refractivity contribution in [2.24, 2.45) is 11.7 Å². The molecule has 120 valence electrons. The SMILES string of the molecule is NC(=O)c1cc(Cl)c(NCC2CCNCC2)c2c1OCCO2. The third-order valence-electron chi connectivity index (χ3n) is 4.06. The van der Waals surface area contributed by atoms with Crippen LogP contribution in [0.15, 0.2) is 6.07 Å². The predicted octanol–water partition coefficient (Wildman–Crippen LogP) is 1.62.